The molecule has 1 aliphatic heterocycles. The highest BCUT2D eigenvalue weighted by molar-refractivity contribution is 6.33. The Morgan fingerprint density at radius 3 is 2.32 bits per heavy atom. The molecule has 1 fully saturated rings. The zero-order valence-electron chi connectivity index (χ0n) is 15.4. The van der Waals surface area contributed by atoms with Gasteiger partial charge < -0.3 is 14.5 Å². The number of piperazine rings is 1. The van der Waals surface area contributed by atoms with Crippen LogP contribution in [0.5, 0.6) is 5.75 Å². The first-order valence-corrected chi connectivity index (χ1v) is 9.63. The maximum Gasteiger partial charge on any atom is 0.258 e. The van der Waals surface area contributed by atoms with Crippen molar-refractivity contribution in [2.45, 2.75) is 12.8 Å². The van der Waals surface area contributed by atoms with Gasteiger partial charge in [-0.2, -0.15) is 0 Å². The molecule has 5 nitrogen and oxygen atoms in total. The summed E-state index contributed by atoms with van der Waals surface area (Å²) in [5.74, 6) is -0.248. The number of amides is 2. The highest BCUT2D eigenvalue weighted by Crippen LogP contribution is 2.21. The highest BCUT2D eigenvalue weighted by atomic mass is 35.5. The fourth-order valence-electron chi connectivity index (χ4n) is 3.11. The third-order valence-electron chi connectivity index (χ3n) is 4.64. The first-order chi connectivity index (χ1) is 13.6. The average molecular weight is 405 g/mol. The van der Waals surface area contributed by atoms with Gasteiger partial charge in [0.05, 0.1) is 17.2 Å². The van der Waals surface area contributed by atoms with Crippen LogP contribution in [0.15, 0.2) is 48.5 Å². The summed E-state index contributed by atoms with van der Waals surface area (Å²) in [6.45, 7) is 2.04. The Kier molecular flexibility index (Phi) is 6.87. The summed E-state index contributed by atoms with van der Waals surface area (Å²) in [7, 11) is 0. The van der Waals surface area contributed by atoms with Crippen molar-refractivity contribution < 1.29 is 18.7 Å². The van der Waals surface area contributed by atoms with Crippen LogP contribution in [0.3, 0.4) is 0 Å². The third-order valence-corrected chi connectivity index (χ3v) is 4.96. The van der Waals surface area contributed by atoms with Crippen LogP contribution in [-0.4, -0.2) is 54.4 Å². The second-order valence-electron chi connectivity index (χ2n) is 6.53. The predicted molar refractivity (Wildman–Crippen MR) is 105 cm³/mol. The van der Waals surface area contributed by atoms with Crippen LogP contribution < -0.4 is 4.74 Å². The molecule has 0 radical (unpaired) electrons. The molecule has 2 aromatic rings. The van der Waals surface area contributed by atoms with E-state index in [1.54, 1.807) is 4.90 Å². The molecule has 7 heteroatoms. The fraction of sp³-hybridized carbons (Fsp3) is 0.333. The molecule has 2 amide bonds. The van der Waals surface area contributed by atoms with E-state index in [0.717, 1.165) is 5.75 Å². The van der Waals surface area contributed by atoms with Crippen molar-refractivity contribution >= 4 is 23.4 Å². The van der Waals surface area contributed by atoms with Gasteiger partial charge in [-0.25, -0.2) is 4.39 Å². The molecule has 0 unspecified atom stereocenters. The largest absolute Gasteiger partial charge is 0.494 e. The van der Waals surface area contributed by atoms with E-state index in [-0.39, 0.29) is 16.5 Å². The van der Waals surface area contributed by atoms with Crippen molar-refractivity contribution in [1.82, 2.24) is 9.80 Å². The monoisotopic (exact) mass is 404 g/mol. The van der Waals surface area contributed by atoms with Crippen molar-refractivity contribution in [3.05, 3.63) is 64.9 Å². The van der Waals surface area contributed by atoms with E-state index < -0.39 is 11.7 Å². The zero-order valence-corrected chi connectivity index (χ0v) is 16.2. The summed E-state index contributed by atoms with van der Waals surface area (Å²) in [6, 6.07) is 13.6. The maximum atomic E-state index is 13.9. The number of benzene rings is 2. The topological polar surface area (TPSA) is 49.9 Å². The number of ether oxygens (including phenoxy) is 1. The van der Waals surface area contributed by atoms with Crippen LogP contribution in [-0.2, 0) is 4.79 Å². The predicted octanol–water partition coefficient (Wildman–Crippen LogP) is 3.62. The quantitative estimate of drug-likeness (QED) is 0.691. The normalized spacial score (nSPS) is 14.1. The van der Waals surface area contributed by atoms with Gasteiger partial charge in [-0.15, -0.1) is 0 Å². The summed E-state index contributed by atoms with van der Waals surface area (Å²) in [4.78, 5) is 28.2. The standard InChI is InChI=1S/C21H22ClFN2O3/c22-17-8-4-9-18(23)20(17)21(27)25-13-11-24(12-14-25)19(26)10-5-15-28-16-6-2-1-3-7-16/h1-4,6-9H,5,10-15H2. The number of rotatable bonds is 6. The lowest BCUT2D eigenvalue weighted by Gasteiger charge is -2.35. The molecule has 3 rings (SSSR count). The van der Waals surface area contributed by atoms with Crippen molar-refractivity contribution in [1.29, 1.82) is 0 Å². The van der Waals surface area contributed by atoms with E-state index in [4.69, 9.17) is 16.3 Å². The SMILES string of the molecule is O=C(CCCOc1ccccc1)N1CCN(C(=O)c2c(F)cccc2Cl)CC1. The molecule has 0 aromatic heterocycles. The Bertz CT molecular complexity index is 803. The molecule has 1 heterocycles. The van der Waals surface area contributed by atoms with E-state index in [2.05, 4.69) is 0 Å². The highest BCUT2D eigenvalue weighted by Gasteiger charge is 2.27. The Balaban J connectivity index is 1.43. The van der Waals surface area contributed by atoms with E-state index in [0.29, 0.717) is 45.6 Å². The van der Waals surface area contributed by atoms with Crippen LogP contribution in [0.25, 0.3) is 0 Å². The van der Waals surface area contributed by atoms with Crippen LogP contribution >= 0.6 is 11.6 Å². The van der Waals surface area contributed by atoms with E-state index in [1.165, 1.54) is 23.1 Å². The molecule has 0 bridgehead atoms. The van der Waals surface area contributed by atoms with Gasteiger partial charge in [-0.05, 0) is 30.7 Å². The minimum Gasteiger partial charge on any atom is -0.494 e. The molecule has 148 valence electrons. The summed E-state index contributed by atoms with van der Waals surface area (Å²) in [5, 5.41) is 0.0990. The third kappa shape index (κ3) is 5.01. The molecular formula is C21H22ClFN2O3. The van der Waals surface area contributed by atoms with Crippen LogP contribution in [0.1, 0.15) is 23.2 Å². The van der Waals surface area contributed by atoms with Crippen LogP contribution in [0.2, 0.25) is 5.02 Å². The van der Waals surface area contributed by atoms with Crippen LogP contribution in [0, 0.1) is 5.82 Å². The lowest BCUT2D eigenvalue weighted by atomic mass is 10.1. The van der Waals surface area contributed by atoms with E-state index in [9.17, 15) is 14.0 Å². The van der Waals surface area contributed by atoms with Gasteiger partial charge in [0.25, 0.3) is 5.91 Å². The average Bonchev–Trinajstić information content (AvgIpc) is 2.72. The smallest absolute Gasteiger partial charge is 0.258 e. The number of halogens is 2. The Hall–Kier alpha value is -2.60. The van der Waals surface area contributed by atoms with Crippen molar-refractivity contribution in [3.8, 4) is 5.75 Å². The molecule has 28 heavy (non-hydrogen) atoms. The number of para-hydroxylation sites is 1. The second-order valence-corrected chi connectivity index (χ2v) is 6.94. The van der Waals surface area contributed by atoms with Gasteiger partial charge in [-0.1, -0.05) is 35.9 Å². The van der Waals surface area contributed by atoms with Gasteiger partial charge in [-0.3, -0.25) is 9.59 Å². The first kappa shape index (κ1) is 20.1. The first-order valence-electron chi connectivity index (χ1n) is 9.25. The Morgan fingerprint density at radius 1 is 0.964 bits per heavy atom. The van der Waals surface area contributed by atoms with Crippen molar-refractivity contribution in [2.24, 2.45) is 0 Å². The maximum absolute atomic E-state index is 13.9. The van der Waals surface area contributed by atoms with Gasteiger partial charge in [0, 0.05) is 32.6 Å². The summed E-state index contributed by atoms with van der Waals surface area (Å²) in [5.41, 5.74) is -0.109. The van der Waals surface area contributed by atoms with Crippen molar-refractivity contribution in [2.75, 3.05) is 32.8 Å². The minimum atomic E-state index is -0.630. The molecule has 0 aliphatic carbocycles. The Morgan fingerprint density at radius 2 is 1.64 bits per heavy atom. The number of nitrogens with zero attached hydrogens (tertiary/aromatic N) is 2. The molecular weight excluding hydrogens is 383 g/mol. The lowest BCUT2D eigenvalue weighted by Crippen LogP contribution is -2.50. The van der Waals surface area contributed by atoms with Crippen LogP contribution in [0.4, 0.5) is 4.39 Å². The number of carbonyl (C=O) groups excluding carboxylic acids is 2. The van der Waals surface area contributed by atoms with Gasteiger partial charge in [0.15, 0.2) is 0 Å². The zero-order chi connectivity index (χ0) is 19.9. The van der Waals surface area contributed by atoms with Gasteiger partial charge in [0.1, 0.15) is 11.6 Å². The molecule has 1 saturated heterocycles. The Labute approximate surface area is 168 Å². The van der Waals surface area contributed by atoms with Gasteiger partial charge in [0.2, 0.25) is 5.91 Å². The number of hydrogen-bond donors (Lipinski definition) is 0. The van der Waals surface area contributed by atoms with E-state index in [1.807, 2.05) is 30.3 Å². The second kappa shape index (κ2) is 9.55. The van der Waals surface area contributed by atoms with Crippen molar-refractivity contribution in [3.63, 3.8) is 0 Å². The summed E-state index contributed by atoms with van der Waals surface area (Å²) in [6.07, 6.45) is 1.01. The van der Waals surface area contributed by atoms with Gasteiger partial charge >= 0.3 is 0 Å². The molecule has 1 aliphatic rings. The fourth-order valence-corrected chi connectivity index (χ4v) is 3.35. The minimum absolute atomic E-state index is 0.0349. The number of hydrogen-bond acceptors (Lipinski definition) is 3. The lowest BCUT2D eigenvalue weighted by molar-refractivity contribution is -0.132. The molecule has 0 spiro atoms. The van der Waals surface area contributed by atoms with E-state index >= 15 is 0 Å². The molecule has 0 N–H and O–H groups in total. The molecule has 2 aromatic carbocycles. The molecule has 0 saturated carbocycles. The summed E-state index contributed by atoms with van der Waals surface area (Å²) >= 11 is 5.97. The summed E-state index contributed by atoms with van der Waals surface area (Å²) < 4.78 is 19.5. The molecule has 0 atom stereocenters. The number of carbonyl (C=O) groups is 2.